The van der Waals surface area contributed by atoms with Gasteiger partial charge in [0.25, 0.3) is 0 Å². The van der Waals surface area contributed by atoms with E-state index in [2.05, 4.69) is 10.1 Å². The molecule has 6 heteroatoms. The normalized spacial score (nSPS) is 17.9. The number of hydrogen-bond acceptors (Lipinski definition) is 5. The fourth-order valence-corrected chi connectivity index (χ4v) is 4.29. The number of benzene rings is 2. The number of Topliss-reactive ketones (excluding diaryl/α,β-unsaturated/α-hetero) is 1. The van der Waals surface area contributed by atoms with Crippen LogP contribution in [0.25, 0.3) is 11.3 Å². The summed E-state index contributed by atoms with van der Waals surface area (Å²) in [5, 5.41) is 3.79. The molecular formula is C25H27FN2O3. The van der Waals surface area contributed by atoms with Crippen molar-refractivity contribution in [2.24, 2.45) is 5.92 Å². The minimum Gasteiger partial charge on any atom is -0.492 e. The smallest absolute Gasteiger partial charge is 0.170 e. The van der Waals surface area contributed by atoms with E-state index in [1.165, 1.54) is 12.1 Å². The van der Waals surface area contributed by atoms with Gasteiger partial charge in [-0.05, 0) is 56.1 Å². The summed E-state index contributed by atoms with van der Waals surface area (Å²) in [4.78, 5) is 14.3. The fourth-order valence-electron chi connectivity index (χ4n) is 4.29. The molecule has 2 aromatic carbocycles. The predicted octanol–water partition coefficient (Wildman–Crippen LogP) is 5.29. The first kappa shape index (κ1) is 21.2. The third-order valence-corrected chi connectivity index (χ3v) is 5.79. The molecule has 0 aliphatic carbocycles. The zero-order valence-corrected chi connectivity index (χ0v) is 17.7. The number of para-hydroxylation sites is 1. The Kier molecular flexibility index (Phi) is 6.77. The first-order valence-corrected chi connectivity index (χ1v) is 10.7. The molecule has 31 heavy (non-hydrogen) atoms. The Hall–Kier alpha value is -2.99. The molecule has 4 rings (SSSR count). The Morgan fingerprint density at radius 1 is 1.23 bits per heavy atom. The van der Waals surface area contributed by atoms with Crippen molar-refractivity contribution in [1.82, 2.24) is 10.1 Å². The van der Waals surface area contributed by atoms with Crippen LogP contribution in [-0.2, 0) is 4.79 Å². The maximum atomic E-state index is 13.4. The molecule has 5 nitrogen and oxygen atoms in total. The SMILES string of the molecule is CC(=O)CC(c1ccc(F)cc1)N1CCCC(COc2ccccc2-c2ccno2)C1. The summed E-state index contributed by atoms with van der Waals surface area (Å²) in [6, 6.07) is 16.1. The monoisotopic (exact) mass is 422 g/mol. The van der Waals surface area contributed by atoms with E-state index in [9.17, 15) is 9.18 Å². The van der Waals surface area contributed by atoms with Crippen LogP contribution in [0.2, 0.25) is 0 Å². The highest BCUT2D eigenvalue weighted by Gasteiger charge is 2.28. The zero-order valence-electron chi connectivity index (χ0n) is 17.7. The number of carbonyl (C=O) groups excluding carboxylic acids is 1. The Labute approximate surface area is 181 Å². The summed E-state index contributed by atoms with van der Waals surface area (Å²) in [5.41, 5.74) is 1.86. The van der Waals surface area contributed by atoms with Gasteiger partial charge in [0.15, 0.2) is 5.76 Å². The van der Waals surface area contributed by atoms with Gasteiger partial charge in [0.1, 0.15) is 17.3 Å². The number of likely N-dealkylation sites (tertiary alicyclic amines) is 1. The molecule has 2 heterocycles. The molecule has 3 aromatic rings. The van der Waals surface area contributed by atoms with Crippen LogP contribution in [0.5, 0.6) is 5.75 Å². The van der Waals surface area contributed by atoms with Gasteiger partial charge < -0.3 is 9.26 Å². The van der Waals surface area contributed by atoms with Crippen LogP contribution in [0, 0.1) is 11.7 Å². The molecular weight excluding hydrogens is 395 g/mol. The Balaban J connectivity index is 1.44. The number of nitrogens with zero attached hydrogens (tertiary/aromatic N) is 2. The fraction of sp³-hybridized carbons (Fsp3) is 0.360. The van der Waals surface area contributed by atoms with Crippen molar-refractivity contribution >= 4 is 5.78 Å². The van der Waals surface area contributed by atoms with Gasteiger partial charge >= 0.3 is 0 Å². The molecule has 0 radical (unpaired) electrons. The van der Waals surface area contributed by atoms with Gasteiger partial charge in [0.05, 0.1) is 18.4 Å². The van der Waals surface area contributed by atoms with Gasteiger partial charge in [-0.1, -0.05) is 29.4 Å². The van der Waals surface area contributed by atoms with Crippen molar-refractivity contribution in [1.29, 1.82) is 0 Å². The van der Waals surface area contributed by atoms with E-state index < -0.39 is 0 Å². The number of rotatable bonds is 8. The summed E-state index contributed by atoms with van der Waals surface area (Å²) in [7, 11) is 0. The summed E-state index contributed by atoms with van der Waals surface area (Å²) < 4.78 is 24.9. The van der Waals surface area contributed by atoms with Crippen molar-refractivity contribution in [2.45, 2.75) is 32.2 Å². The first-order valence-electron chi connectivity index (χ1n) is 10.7. The van der Waals surface area contributed by atoms with Crippen LogP contribution in [0.1, 0.15) is 37.8 Å². The lowest BCUT2D eigenvalue weighted by Gasteiger charge is -2.38. The van der Waals surface area contributed by atoms with E-state index in [0.29, 0.717) is 24.7 Å². The largest absolute Gasteiger partial charge is 0.492 e. The van der Waals surface area contributed by atoms with Crippen LogP contribution >= 0.6 is 0 Å². The van der Waals surface area contributed by atoms with Crippen molar-refractivity contribution in [3.8, 4) is 17.1 Å². The van der Waals surface area contributed by atoms with Crippen LogP contribution in [0.3, 0.4) is 0 Å². The number of halogens is 1. The molecule has 2 atom stereocenters. The van der Waals surface area contributed by atoms with E-state index in [1.807, 2.05) is 30.3 Å². The lowest BCUT2D eigenvalue weighted by molar-refractivity contribution is -0.118. The van der Waals surface area contributed by atoms with E-state index in [1.54, 1.807) is 25.3 Å². The van der Waals surface area contributed by atoms with E-state index in [4.69, 9.17) is 9.26 Å². The minimum absolute atomic E-state index is 0.0395. The second-order valence-electron chi connectivity index (χ2n) is 8.16. The van der Waals surface area contributed by atoms with Crippen molar-refractivity contribution in [2.75, 3.05) is 19.7 Å². The number of carbonyl (C=O) groups is 1. The average Bonchev–Trinajstić information content (AvgIpc) is 3.32. The van der Waals surface area contributed by atoms with Crippen molar-refractivity contribution < 1.29 is 18.4 Å². The second-order valence-corrected chi connectivity index (χ2v) is 8.16. The molecule has 0 N–H and O–H groups in total. The number of hydrogen-bond donors (Lipinski definition) is 0. The van der Waals surface area contributed by atoms with E-state index in [0.717, 1.165) is 42.8 Å². The lowest BCUT2D eigenvalue weighted by Crippen LogP contribution is -2.40. The Morgan fingerprint density at radius 2 is 2.03 bits per heavy atom. The molecule has 0 amide bonds. The third kappa shape index (κ3) is 5.39. The summed E-state index contributed by atoms with van der Waals surface area (Å²) >= 11 is 0. The van der Waals surface area contributed by atoms with Crippen molar-refractivity contribution in [3.63, 3.8) is 0 Å². The van der Waals surface area contributed by atoms with Crippen LogP contribution < -0.4 is 4.74 Å². The highest BCUT2D eigenvalue weighted by Crippen LogP contribution is 2.32. The van der Waals surface area contributed by atoms with Gasteiger partial charge in [0.2, 0.25) is 0 Å². The van der Waals surface area contributed by atoms with Gasteiger partial charge in [-0.3, -0.25) is 9.69 Å². The van der Waals surface area contributed by atoms with Gasteiger partial charge in [-0.2, -0.15) is 0 Å². The van der Waals surface area contributed by atoms with Crippen molar-refractivity contribution in [3.05, 3.63) is 72.2 Å². The molecule has 0 bridgehead atoms. The zero-order chi connectivity index (χ0) is 21.6. The van der Waals surface area contributed by atoms with E-state index >= 15 is 0 Å². The molecule has 0 saturated carbocycles. The maximum Gasteiger partial charge on any atom is 0.170 e. The first-order chi connectivity index (χ1) is 15.1. The molecule has 1 fully saturated rings. The number of ketones is 1. The molecule has 162 valence electrons. The molecule has 0 spiro atoms. The van der Waals surface area contributed by atoms with Gasteiger partial charge in [-0.15, -0.1) is 0 Å². The summed E-state index contributed by atoms with van der Waals surface area (Å²) in [6.07, 6.45) is 4.15. The van der Waals surface area contributed by atoms with Gasteiger partial charge in [0, 0.05) is 31.0 Å². The topological polar surface area (TPSA) is 55.6 Å². The quantitative estimate of drug-likeness (QED) is 0.494. The molecule has 1 aliphatic rings. The molecule has 1 saturated heterocycles. The van der Waals surface area contributed by atoms with Gasteiger partial charge in [-0.25, -0.2) is 4.39 Å². The van der Waals surface area contributed by atoms with Crippen LogP contribution in [0.4, 0.5) is 4.39 Å². The second kappa shape index (κ2) is 9.88. The highest BCUT2D eigenvalue weighted by atomic mass is 19.1. The maximum absolute atomic E-state index is 13.4. The summed E-state index contributed by atoms with van der Waals surface area (Å²) in [5.74, 6) is 1.66. The Bertz CT molecular complexity index is 988. The standard InChI is InChI=1S/C25H27FN2O3/c1-18(29)15-23(20-8-10-21(26)11-9-20)28-14-4-5-19(16-28)17-30-24-7-3-2-6-22(24)25-12-13-27-31-25/h2-3,6-13,19,23H,4-5,14-17H2,1H3. The predicted molar refractivity (Wildman–Crippen MR) is 116 cm³/mol. The number of piperidine rings is 1. The molecule has 1 aliphatic heterocycles. The summed E-state index contributed by atoms with van der Waals surface area (Å²) in [6.45, 7) is 3.94. The molecule has 2 unspecified atom stereocenters. The van der Waals surface area contributed by atoms with Crippen LogP contribution in [-0.4, -0.2) is 35.5 Å². The molecule has 1 aromatic heterocycles. The highest BCUT2D eigenvalue weighted by molar-refractivity contribution is 5.76. The number of aromatic nitrogens is 1. The average molecular weight is 423 g/mol. The van der Waals surface area contributed by atoms with E-state index in [-0.39, 0.29) is 17.6 Å². The Morgan fingerprint density at radius 3 is 2.77 bits per heavy atom. The lowest BCUT2D eigenvalue weighted by atomic mass is 9.93. The number of ether oxygens (including phenoxy) is 1. The van der Waals surface area contributed by atoms with Crippen LogP contribution in [0.15, 0.2) is 65.3 Å². The minimum atomic E-state index is -0.263. The third-order valence-electron chi connectivity index (χ3n) is 5.79.